The first-order valence-corrected chi connectivity index (χ1v) is 10.8. The van der Waals surface area contributed by atoms with Gasteiger partial charge in [0.25, 0.3) is 5.56 Å². The van der Waals surface area contributed by atoms with Gasteiger partial charge in [0.1, 0.15) is 5.58 Å². The number of fused-ring (bicyclic) bond motifs is 2. The van der Waals surface area contributed by atoms with E-state index in [1.54, 1.807) is 43.7 Å². The second kappa shape index (κ2) is 8.26. The molecule has 0 fully saturated rings. The Morgan fingerprint density at radius 1 is 1.12 bits per heavy atom. The molecule has 8 heteroatoms. The smallest absolute Gasteiger partial charge is 0.282 e. The SMILES string of the molecule is COc1c(Cl)cc(C=Nn2c(-c3cc4ccccc4o3)nc3ccccc3c2=O)cc1Br. The van der Waals surface area contributed by atoms with Gasteiger partial charge in [0.05, 0.1) is 33.7 Å². The number of nitrogens with zero attached hydrogens (tertiary/aromatic N) is 3. The third kappa shape index (κ3) is 3.59. The molecule has 0 atom stereocenters. The largest absolute Gasteiger partial charge is 0.494 e. The summed E-state index contributed by atoms with van der Waals surface area (Å²) in [7, 11) is 1.54. The molecule has 0 N–H and O–H groups in total. The third-order valence-electron chi connectivity index (χ3n) is 4.95. The van der Waals surface area contributed by atoms with Crippen molar-refractivity contribution in [3.8, 4) is 17.3 Å². The van der Waals surface area contributed by atoms with Crippen LogP contribution in [0.15, 0.2) is 85.5 Å². The van der Waals surface area contributed by atoms with Crippen molar-refractivity contribution in [1.82, 2.24) is 9.66 Å². The quantitative estimate of drug-likeness (QED) is 0.274. The van der Waals surface area contributed by atoms with E-state index in [-0.39, 0.29) is 5.56 Å². The minimum absolute atomic E-state index is 0.305. The maximum Gasteiger partial charge on any atom is 0.282 e. The van der Waals surface area contributed by atoms with Crippen molar-refractivity contribution in [1.29, 1.82) is 0 Å². The van der Waals surface area contributed by atoms with Gasteiger partial charge in [-0.05, 0) is 57.9 Å². The lowest BCUT2D eigenvalue weighted by Gasteiger charge is -2.08. The molecule has 0 aliphatic heterocycles. The Kier molecular flexibility index (Phi) is 5.28. The highest BCUT2D eigenvalue weighted by molar-refractivity contribution is 9.10. The molecule has 0 saturated heterocycles. The van der Waals surface area contributed by atoms with Gasteiger partial charge in [-0.2, -0.15) is 9.78 Å². The second-order valence-electron chi connectivity index (χ2n) is 6.98. The van der Waals surface area contributed by atoms with E-state index in [0.29, 0.717) is 48.9 Å². The van der Waals surface area contributed by atoms with Gasteiger partial charge in [-0.25, -0.2) is 4.98 Å². The number of aromatic nitrogens is 2. The van der Waals surface area contributed by atoms with Crippen LogP contribution in [0.5, 0.6) is 5.75 Å². The molecule has 2 heterocycles. The molecule has 0 unspecified atom stereocenters. The third-order valence-corrected chi connectivity index (χ3v) is 5.82. The van der Waals surface area contributed by atoms with Gasteiger partial charge in [-0.1, -0.05) is 41.9 Å². The van der Waals surface area contributed by atoms with Crippen molar-refractivity contribution in [2.45, 2.75) is 0 Å². The Balaban J connectivity index is 1.71. The van der Waals surface area contributed by atoms with Gasteiger partial charge in [-0.3, -0.25) is 4.79 Å². The van der Waals surface area contributed by atoms with Crippen molar-refractivity contribution in [2.75, 3.05) is 7.11 Å². The molecular weight excluding hydrogens is 494 g/mol. The first kappa shape index (κ1) is 20.5. The zero-order valence-corrected chi connectivity index (χ0v) is 19.1. The number of rotatable bonds is 4. The highest BCUT2D eigenvalue weighted by Crippen LogP contribution is 2.33. The fraction of sp³-hybridized carbons (Fsp3) is 0.0417. The summed E-state index contributed by atoms with van der Waals surface area (Å²) in [4.78, 5) is 18.0. The van der Waals surface area contributed by atoms with Gasteiger partial charge >= 0.3 is 0 Å². The minimum atomic E-state index is -0.305. The fourth-order valence-electron chi connectivity index (χ4n) is 3.46. The van der Waals surface area contributed by atoms with Crippen molar-refractivity contribution in [3.63, 3.8) is 0 Å². The van der Waals surface area contributed by atoms with Crippen LogP contribution in [0.2, 0.25) is 5.02 Å². The van der Waals surface area contributed by atoms with Gasteiger partial charge in [0.15, 0.2) is 11.5 Å². The van der Waals surface area contributed by atoms with E-state index in [2.05, 4.69) is 26.0 Å². The first-order valence-electron chi connectivity index (χ1n) is 9.63. The molecule has 0 bridgehead atoms. The van der Waals surface area contributed by atoms with E-state index in [1.165, 1.54) is 4.68 Å². The maximum atomic E-state index is 13.3. The fourth-order valence-corrected chi connectivity index (χ4v) is 4.51. The average Bonchev–Trinajstić information content (AvgIpc) is 3.22. The van der Waals surface area contributed by atoms with Gasteiger partial charge in [0, 0.05) is 5.39 Å². The van der Waals surface area contributed by atoms with E-state index in [4.69, 9.17) is 20.8 Å². The van der Waals surface area contributed by atoms with Gasteiger partial charge < -0.3 is 9.15 Å². The molecular formula is C24H15BrClN3O3. The molecule has 5 aromatic rings. The Hall–Kier alpha value is -3.42. The zero-order chi connectivity index (χ0) is 22.2. The van der Waals surface area contributed by atoms with Crippen LogP contribution in [-0.4, -0.2) is 23.0 Å². The van der Waals surface area contributed by atoms with Gasteiger partial charge in [0.2, 0.25) is 5.82 Å². The van der Waals surface area contributed by atoms with E-state index in [0.717, 1.165) is 5.39 Å². The molecule has 0 aliphatic rings. The number of halogens is 2. The van der Waals surface area contributed by atoms with Crippen LogP contribution in [0.4, 0.5) is 0 Å². The monoisotopic (exact) mass is 507 g/mol. The number of benzene rings is 3. The van der Waals surface area contributed by atoms with Crippen molar-refractivity contribution >= 4 is 55.6 Å². The number of ether oxygens (including phenoxy) is 1. The molecule has 6 nitrogen and oxygen atoms in total. The molecule has 0 radical (unpaired) electrons. The van der Waals surface area contributed by atoms with E-state index >= 15 is 0 Å². The molecule has 0 aliphatic carbocycles. The van der Waals surface area contributed by atoms with Crippen molar-refractivity contribution in [3.05, 3.63) is 92.1 Å². The summed E-state index contributed by atoms with van der Waals surface area (Å²) in [6.07, 6.45) is 1.54. The first-order chi connectivity index (χ1) is 15.5. The average molecular weight is 509 g/mol. The number of methoxy groups -OCH3 is 1. The van der Waals surface area contributed by atoms with E-state index in [9.17, 15) is 4.79 Å². The molecule has 32 heavy (non-hydrogen) atoms. The predicted molar refractivity (Wildman–Crippen MR) is 130 cm³/mol. The highest BCUT2D eigenvalue weighted by Gasteiger charge is 2.16. The maximum absolute atomic E-state index is 13.3. The van der Waals surface area contributed by atoms with Gasteiger partial charge in [-0.15, -0.1) is 0 Å². The Labute approximate surface area is 195 Å². The lowest BCUT2D eigenvalue weighted by atomic mass is 10.2. The van der Waals surface area contributed by atoms with Crippen LogP contribution in [0.3, 0.4) is 0 Å². The number of hydrogen-bond acceptors (Lipinski definition) is 5. The lowest BCUT2D eigenvalue weighted by molar-refractivity contribution is 0.412. The van der Waals surface area contributed by atoms with Crippen molar-refractivity contribution < 1.29 is 9.15 Å². The lowest BCUT2D eigenvalue weighted by Crippen LogP contribution is -2.20. The molecule has 5 rings (SSSR count). The second-order valence-corrected chi connectivity index (χ2v) is 8.24. The van der Waals surface area contributed by atoms with E-state index < -0.39 is 0 Å². The number of para-hydroxylation sites is 2. The topological polar surface area (TPSA) is 69.6 Å². The Bertz CT molecular complexity index is 1520. The standard InChI is InChI=1S/C24H15BrClN3O3/c1-31-22-17(25)10-14(11-18(22)26)13-27-29-23(21-12-15-6-2-5-9-20(15)32-21)28-19-8-4-3-7-16(19)24(29)30/h2-13H,1H3. The molecule has 0 spiro atoms. The Morgan fingerprint density at radius 2 is 1.91 bits per heavy atom. The summed E-state index contributed by atoms with van der Waals surface area (Å²) in [5, 5.41) is 6.23. The summed E-state index contributed by atoms with van der Waals surface area (Å²) in [6, 6.07) is 20.1. The van der Waals surface area contributed by atoms with Crippen LogP contribution in [0.25, 0.3) is 33.5 Å². The summed E-state index contributed by atoms with van der Waals surface area (Å²) >= 11 is 9.72. The molecule has 0 amide bonds. The van der Waals surface area contributed by atoms with Crippen molar-refractivity contribution in [2.24, 2.45) is 5.10 Å². The summed E-state index contributed by atoms with van der Waals surface area (Å²) < 4.78 is 13.2. The van der Waals surface area contributed by atoms with Crippen LogP contribution >= 0.6 is 27.5 Å². The summed E-state index contributed by atoms with van der Waals surface area (Å²) in [6.45, 7) is 0. The summed E-state index contributed by atoms with van der Waals surface area (Å²) in [5.41, 5.74) is 1.64. The predicted octanol–water partition coefficient (Wildman–Crippen LogP) is 6.12. The zero-order valence-electron chi connectivity index (χ0n) is 16.8. The normalized spacial score (nSPS) is 11.6. The van der Waals surface area contributed by atoms with E-state index in [1.807, 2.05) is 36.4 Å². The number of hydrogen-bond donors (Lipinski definition) is 0. The number of furan rings is 1. The summed E-state index contributed by atoms with van der Waals surface area (Å²) in [5.74, 6) is 1.27. The molecule has 2 aromatic heterocycles. The Morgan fingerprint density at radius 3 is 2.69 bits per heavy atom. The minimum Gasteiger partial charge on any atom is -0.494 e. The molecule has 3 aromatic carbocycles. The van der Waals surface area contributed by atoms with Crippen LogP contribution in [-0.2, 0) is 0 Å². The molecule has 0 saturated carbocycles. The van der Waals surface area contributed by atoms with Crippen LogP contribution in [0.1, 0.15) is 5.56 Å². The highest BCUT2D eigenvalue weighted by atomic mass is 79.9. The molecule has 158 valence electrons. The van der Waals surface area contributed by atoms with Crippen LogP contribution in [0, 0.1) is 0 Å². The van der Waals surface area contributed by atoms with Crippen LogP contribution < -0.4 is 10.3 Å².